The molecule has 1 aliphatic rings. The minimum atomic E-state index is -1.60. The summed E-state index contributed by atoms with van der Waals surface area (Å²) in [6, 6.07) is 23.8. The van der Waals surface area contributed by atoms with E-state index in [9.17, 15) is 19.5 Å². The molecule has 3 N–H and O–H groups in total. The first-order chi connectivity index (χ1) is 16.5. The molecule has 1 fully saturated rings. The average Bonchev–Trinajstić information content (AvgIpc) is 2.89. The third-order valence-corrected chi connectivity index (χ3v) is 5.65. The molecule has 34 heavy (non-hydrogen) atoms. The summed E-state index contributed by atoms with van der Waals surface area (Å²) in [5.41, 5.74) is 1.98. The van der Waals surface area contributed by atoms with Gasteiger partial charge in [-0.2, -0.15) is 0 Å². The van der Waals surface area contributed by atoms with Crippen LogP contribution in [0.2, 0.25) is 0 Å². The molecule has 174 valence electrons. The second-order valence-electron chi connectivity index (χ2n) is 7.87. The number of nitrogens with one attached hydrogen (secondary N) is 2. The van der Waals surface area contributed by atoms with E-state index in [1.54, 1.807) is 72.8 Å². The van der Waals surface area contributed by atoms with Crippen LogP contribution in [0.4, 0.5) is 11.4 Å². The fourth-order valence-corrected chi connectivity index (χ4v) is 3.88. The van der Waals surface area contributed by atoms with Gasteiger partial charge >= 0.3 is 5.97 Å². The normalized spacial score (nSPS) is 14.2. The predicted molar refractivity (Wildman–Crippen MR) is 130 cm³/mol. The number of benzene rings is 3. The van der Waals surface area contributed by atoms with E-state index in [0.717, 1.165) is 36.8 Å². The van der Waals surface area contributed by atoms with Crippen molar-refractivity contribution in [1.29, 1.82) is 0 Å². The molecule has 1 saturated heterocycles. The van der Waals surface area contributed by atoms with Gasteiger partial charge in [0.05, 0.1) is 0 Å². The zero-order valence-corrected chi connectivity index (χ0v) is 18.6. The summed E-state index contributed by atoms with van der Waals surface area (Å²) in [4.78, 5) is 41.9. The molecule has 3 aromatic carbocycles. The Bertz CT molecular complexity index is 1130. The topological polar surface area (TPSA) is 102 Å². The van der Waals surface area contributed by atoms with Crippen LogP contribution in [0.5, 0.6) is 0 Å². The molecule has 0 aromatic heterocycles. The molecule has 0 spiro atoms. The minimum Gasteiger partial charge on any atom is -0.478 e. The van der Waals surface area contributed by atoms with Gasteiger partial charge in [0.15, 0.2) is 0 Å². The number of carboxylic acids is 1. The van der Waals surface area contributed by atoms with Crippen LogP contribution in [0.15, 0.2) is 84.9 Å². The molecule has 4 rings (SSSR count). The van der Waals surface area contributed by atoms with Crippen molar-refractivity contribution in [2.45, 2.75) is 6.17 Å². The minimum absolute atomic E-state index is 0.310. The Balaban J connectivity index is 1.59. The lowest BCUT2D eigenvalue weighted by molar-refractivity contribution is -0.139. The fraction of sp³-hybridized carbons (Fsp3) is 0.192. The Morgan fingerprint density at radius 2 is 1.41 bits per heavy atom. The second-order valence-corrected chi connectivity index (χ2v) is 7.87. The molecule has 2 amide bonds. The highest BCUT2D eigenvalue weighted by atomic mass is 16.4. The lowest BCUT2D eigenvalue weighted by Gasteiger charge is -2.30. The smallest absolute Gasteiger partial charge is 0.347 e. The number of piperazine rings is 1. The Morgan fingerprint density at radius 3 is 2.00 bits per heavy atom. The van der Waals surface area contributed by atoms with Gasteiger partial charge in [-0.15, -0.1) is 0 Å². The molecule has 8 heteroatoms. The number of hydrogen-bond acceptors (Lipinski definition) is 5. The standard InChI is InChI=1S/C26H26N4O4/c31-24(19-11-13-21(14-12-19)29-17-15-27-16-18-29)28-23(26(33)34)30(22-9-5-2-6-10-22)25(32)20-7-3-1-4-8-20/h1-14,23,27H,15-18H2,(H,28,31)(H,33,34). The first kappa shape index (κ1) is 23.0. The van der Waals surface area contributed by atoms with Crippen LogP contribution in [0.25, 0.3) is 0 Å². The van der Waals surface area contributed by atoms with Crippen molar-refractivity contribution >= 4 is 29.2 Å². The van der Waals surface area contributed by atoms with Crippen molar-refractivity contribution in [3.63, 3.8) is 0 Å². The molecule has 1 unspecified atom stereocenters. The molecule has 1 atom stereocenters. The molecule has 1 heterocycles. The van der Waals surface area contributed by atoms with E-state index in [1.807, 2.05) is 12.1 Å². The number of rotatable bonds is 7. The summed E-state index contributed by atoms with van der Waals surface area (Å²) in [6.07, 6.45) is -1.60. The average molecular weight is 459 g/mol. The maximum absolute atomic E-state index is 13.3. The zero-order valence-electron chi connectivity index (χ0n) is 18.6. The van der Waals surface area contributed by atoms with Crippen LogP contribution < -0.4 is 20.4 Å². The van der Waals surface area contributed by atoms with Gasteiger partial charge in [0, 0.05) is 48.7 Å². The van der Waals surface area contributed by atoms with Gasteiger partial charge in [-0.1, -0.05) is 36.4 Å². The zero-order chi connectivity index (χ0) is 23.9. The molecule has 0 bridgehead atoms. The lowest BCUT2D eigenvalue weighted by atomic mass is 10.1. The van der Waals surface area contributed by atoms with E-state index in [0.29, 0.717) is 16.8 Å². The summed E-state index contributed by atoms with van der Waals surface area (Å²) in [5.74, 6) is -2.46. The maximum Gasteiger partial charge on any atom is 0.347 e. The quantitative estimate of drug-likeness (QED) is 0.471. The van der Waals surface area contributed by atoms with Crippen LogP contribution in [0.3, 0.4) is 0 Å². The third-order valence-electron chi connectivity index (χ3n) is 5.65. The summed E-state index contributed by atoms with van der Waals surface area (Å²) >= 11 is 0. The maximum atomic E-state index is 13.3. The highest BCUT2D eigenvalue weighted by Crippen LogP contribution is 2.21. The summed E-state index contributed by atoms with van der Waals surface area (Å²) < 4.78 is 0. The van der Waals surface area contributed by atoms with Gasteiger partial charge in [-0.3, -0.25) is 14.5 Å². The van der Waals surface area contributed by atoms with Gasteiger partial charge < -0.3 is 20.6 Å². The van der Waals surface area contributed by atoms with Crippen molar-refractivity contribution in [2.75, 3.05) is 36.0 Å². The third kappa shape index (κ3) is 5.24. The highest BCUT2D eigenvalue weighted by Gasteiger charge is 2.33. The van der Waals surface area contributed by atoms with Gasteiger partial charge in [0.1, 0.15) is 0 Å². The first-order valence-corrected chi connectivity index (χ1v) is 11.1. The number of carbonyl (C=O) groups excluding carboxylic acids is 2. The summed E-state index contributed by atoms with van der Waals surface area (Å²) in [7, 11) is 0. The van der Waals surface area contributed by atoms with Crippen LogP contribution in [0, 0.1) is 0 Å². The number of anilines is 2. The van der Waals surface area contributed by atoms with E-state index in [4.69, 9.17) is 0 Å². The van der Waals surface area contributed by atoms with Gasteiger partial charge in [0.2, 0.25) is 6.17 Å². The second kappa shape index (κ2) is 10.6. The van der Waals surface area contributed by atoms with Gasteiger partial charge in [-0.05, 0) is 48.5 Å². The van der Waals surface area contributed by atoms with E-state index < -0.39 is 23.9 Å². The Hall–Kier alpha value is -4.17. The molecule has 0 radical (unpaired) electrons. The van der Waals surface area contributed by atoms with Crippen molar-refractivity contribution in [1.82, 2.24) is 10.6 Å². The van der Waals surface area contributed by atoms with E-state index in [1.165, 1.54) is 0 Å². The number of hydrogen-bond donors (Lipinski definition) is 3. The number of carbonyl (C=O) groups is 3. The molecule has 0 saturated carbocycles. The Kier molecular flexibility index (Phi) is 7.19. The monoisotopic (exact) mass is 458 g/mol. The number of carboxylic acid groups (broad SMARTS) is 1. The Morgan fingerprint density at radius 1 is 0.824 bits per heavy atom. The van der Waals surface area contributed by atoms with Crippen molar-refractivity contribution < 1.29 is 19.5 Å². The SMILES string of the molecule is O=C(NC(C(=O)O)N(C(=O)c1ccccc1)c1ccccc1)c1ccc(N2CCNCC2)cc1. The van der Waals surface area contributed by atoms with E-state index >= 15 is 0 Å². The lowest BCUT2D eigenvalue weighted by Crippen LogP contribution is -2.55. The molecule has 3 aromatic rings. The summed E-state index contributed by atoms with van der Waals surface area (Å²) in [6.45, 7) is 3.54. The van der Waals surface area contributed by atoms with Crippen molar-refractivity contribution in [3.8, 4) is 0 Å². The van der Waals surface area contributed by atoms with Gasteiger partial charge in [0.25, 0.3) is 11.8 Å². The van der Waals surface area contributed by atoms with Crippen LogP contribution in [-0.2, 0) is 4.79 Å². The largest absolute Gasteiger partial charge is 0.478 e. The number of aliphatic carboxylic acids is 1. The molecular weight excluding hydrogens is 432 g/mol. The molecule has 8 nitrogen and oxygen atoms in total. The number of para-hydroxylation sites is 1. The fourth-order valence-electron chi connectivity index (χ4n) is 3.88. The van der Waals surface area contributed by atoms with Crippen molar-refractivity contribution in [2.24, 2.45) is 0 Å². The van der Waals surface area contributed by atoms with Gasteiger partial charge in [-0.25, -0.2) is 4.79 Å². The van der Waals surface area contributed by atoms with E-state index in [2.05, 4.69) is 15.5 Å². The predicted octanol–water partition coefficient (Wildman–Crippen LogP) is 2.58. The Labute approximate surface area is 197 Å². The summed E-state index contributed by atoms with van der Waals surface area (Å²) in [5, 5.41) is 15.8. The molecule has 0 aliphatic carbocycles. The number of nitrogens with zero attached hydrogens (tertiary/aromatic N) is 2. The first-order valence-electron chi connectivity index (χ1n) is 11.1. The molecular formula is C26H26N4O4. The number of amides is 2. The highest BCUT2D eigenvalue weighted by molar-refractivity contribution is 6.10. The van der Waals surface area contributed by atoms with Crippen LogP contribution >= 0.6 is 0 Å². The van der Waals surface area contributed by atoms with E-state index in [-0.39, 0.29) is 0 Å². The molecule has 1 aliphatic heterocycles. The van der Waals surface area contributed by atoms with Crippen LogP contribution in [-0.4, -0.2) is 55.2 Å². The van der Waals surface area contributed by atoms with Crippen molar-refractivity contribution in [3.05, 3.63) is 96.1 Å². The van der Waals surface area contributed by atoms with Crippen LogP contribution in [0.1, 0.15) is 20.7 Å².